The van der Waals surface area contributed by atoms with Gasteiger partial charge < -0.3 is 0 Å². The summed E-state index contributed by atoms with van der Waals surface area (Å²) in [4.78, 5) is 0.404. The second-order valence-corrected chi connectivity index (χ2v) is 6.45. The van der Waals surface area contributed by atoms with Crippen molar-refractivity contribution in [3.63, 3.8) is 0 Å². The van der Waals surface area contributed by atoms with Gasteiger partial charge in [-0.1, -0.05) is 19.4 Å². The molecule has 0 N–H and O–H groups in total. The summed E-state index contributed by atoms with van der Waals surface area (Å²) in [5.74, 6) is 0. The molecular weight excluding hydrogens is 311 g/mol. The van der Waals surface area contributed by atoms with E-state index in [0.29, 0.717) is 4.90 Å². The number of sulfone groups is 1. The number of rotatable bonds is 3. The van der Waals surface area contributed by atoms with Crippen LogP contribution >= 0.6 is 22.6 Å². The fourth-order valence-corrected chi connectivity index (χ4v) is 2.87. The highest BCUT2D eigenvalue weighted by Gasteiger charge is 2.08. The lowest BCUT2D eigenvalue weighted by molar-refractivity contribution is 0.602. The Labute approximate surface area is 98.8 Å². The molecule has 1 aromatic rings. The number of aryl methyl sites for hydroxylation is 1. The maximum atomic E-state index is 11.3. The zero-order valence-corrected chi connectivity index (χ0v) is 11.2. The Hall–Kier alpha value is -0.100. The van der Waals surface area contributed by atoms with Crippen LogP contribution in [0.1, 0.15) is 18.9 Å². The van der Waals surface area contributed by atoms with Gasteiger partial charge in [-0.3, -0.25) is 0 Å². The zero-order chi connectivity index (χ0) is 10.8. The van der Waals surface area contributed by atoms with Crippen molar-refractivity contribution in [2.75, 3.05) is 6.26 Å². The first kappa shape index (κ1) is 12.0. The minimum atomic E-state index is -3.06. The van der Waals surface area contributed by atoms with E-state index in [1.807, 2.05) is 6.07 Å². The van der Waals surface area contributed by atoms with Gasteiger partial charge in [-0.2, -0.15) is 0 Å². The van der Waals surface area contributed by atoms with E-state index in [1.54, 1.807) is 12.1 Å². The Morgan fingerprint density at radius 1 is 1.36 bits per heavy atom. The first-order valence-corrected chi connectivity index (χ1v) is 7.40. The summed E-state index contributed by atoms with van der Waals surface area (Å²) in [6.45, 7) is 2.11. The molecular formula is C10H13IO2S. The molecule has 0 saturated carbocycles. The molecule has 0 aliphatic heterocycles. The molecule has 0 radical (unpaired) electrons. The van der Waals surface area contributed by atoms with Crippen molar-refractivity contribution in [1.82, 2.24) is 0 Å². The van der Waals surface area contributed by atoms with E-state index in [4.69, 9.17) is 0 Å². The van der Waals surface area contributed by atoms with E-state index >= 15 is 0 Å². The lowest BCUT2D eigenvalue weighted by Crippen LogP contribution is -1.99. The normalized spacial score (nSPS) is 11.6. The monoisotopic (exact) mass is 324 g/mol. The van der Waals surface area contributed by atoms with E-state index in [9.17, 15) is 8.42 Å². The second kappa shape index (κ2) is 4.61. The molecule has 0 aromatic heterocycles. The number of hydrogen-bond acceptors (Lipinski definition) is 2. The minimum absolute atomic E-state index is 0.404. The van der Waals surface area contributed by atoms with Gasteiger partial charge in [0.05, 0.1) is 4.90 Å². The molecule has 2 nitrogen and oxygen atoms in total. The lowest BCUT2D eigenvalue weighted by Gasteiger charge is -2.04. The molecule has 4 heteroatoms. The van der Waals surface area contributed by atoms with E-state index in [0.717, 1.165) is 16.4 Å². The van der Waals surface area contributed by atoms with Gasteiger partial charge in [0.15, 0.2) is 9.84 Å². The van der Waals surface area contributed by atoms with Crippen molar-refractivity contribution in [1.29, 1.82) is 0 Å². The van der Waals surface area contributed by atoms with Crippen LogP contribution in [0.3, 0.4) is 0 Å². The Morgan fingerprint density at radius 2 is 2.00 bits per heavy atom. The third-order valence-corrected chi connectivity index (χ3v) is 4.09. The molecule has 0 spiro atoms. The van der Waals surface area contributed by atoms with E-state index in [1.165, 1.54) is 11.8 Å². The molecule has 0 bridgehead atoms. The highest BCUT2D eigenvalue weighted by molar-refractivity contribution is 14.1. The predicted octanol–water partition coefficient (Wildman–Crippen LogP) is 2.65. The van der Waals surface area contributed by atoms with Crippen LogP contribution in [0.2, 0.25) is 0 Å². The quantitative estimate of drug-likeness (QED) is 0.801. The highest BCUT2D eigenvalue weighted by Crippen LogP contribution is 2.19. The van der Waals surface area contributed by atoms with Crippen LogP contribution in [-0.4, -0.2) is 14.7 Å². The molecule has 0 atom stereocenters. The fraction of sp³-hybridized carbons (Fsp3) is 0.400. The van der Waals surface area contributed by atoms with Crippen LogP contribution in [0.5, 0.6) is 0 Å². The minimum Gasteiger partial charge on any atom is -0.224 e. The predicted molar refractivity (Wildman–Crippen MR) is 66.3 cm³/mol. The molecule has 0 aliphatic carbocycles. The summed E-state index contributed by atoms with van der Waals surface area (Å²) >= 11 is 2.18. The average molecular weight is 324 g/mol. The number of halogens is 1. The molecule has 14 heavy (non-hydrogen) atoms. The third-order valence-electron chi connectivity index (χ3n) is 1.97. The zero-order valence-electron chi connectivity index (χ0n) is 8.25. The van der Waals surface area contributed by atoms with Crippen molar-refractivity contribution in [2.24, 2.45) is 0 Å². The molecule has 1 rings (SSSR count). The molecule has 0 unspecified atom stereocenters. The van der Waals surface area contributed by atoms with Crippen LogP contribution in [0, 0.1) is 3.57 Å². The summed E-state index contributed by atoms with van der Waals surface area (Å²) in [6.07, 6.45) is 3.31. The smallest absolute Gasteiger partial charge is 0.175 e. The first-order chi connectivity index (χ1) is 6.45. The fourth-order valence-electron chi connectivity index (χ4n) is 1.23. The van der Waals surface area contributed by atoms with Gasteiger partial charge in [0.1, 0.15) is 0 Å². The van der Waals surface area contributed by atoms with E-state index in [2.05, 4.69) is 29.5 Å². The van der Waals surface area contributed by atoms with Crippen LogP contribution < -0.4 is 0 Å². The van der Waals surface area contributed by atoms with Gasteiger partial charge in [0.2, 0.25) is 0 Å². The van der Waals surface area contributed by atoms with Gasteiger partial charge in [0, 0.05) is 9.83 Å². The van der Waals surface area contributed by atoms with Crippen LogP contribution in [0.4, 0.5) is 0 Å². The Bertz CT molecular complexity index is 424. The molecule has 1 aromatic carbocycles. The Morgan fingerprint density at radius 3 is 2.43 bits per heavy atom. The molecule has 0 fully saturated rings. The van der Waals surface area contributed by atoms with Gasteiger partial charge in [-0.15, -0.1) is 0 Å². The topological polar surface area (TPSA) is 34.1 Å². The van der Waals surface area contributed by atoms with E-state index in [-0.39, 0.29) is 0 Å². The van der Waals surface area contributed by atoms with Gasteiger partial charge >= 0.3 is 0 Å². The molecule has 0 aliphatic rings. The maximum absolute atomic E-state index is 11.3. The van der Waals surface area contributed by atoms with Crippen LogP contribution in [0.25, 0.3) is 0 Å². The summed E-state index contributed by atoms with van der Waals surface area (Å²) in [5, 5.41) is 0. The first-order valence-electron chi connectivity index (χ1n) is 4.43. The van der Waals surface area contributed by atoms with Gasteiger partial charge in [-0.25, -0.2) is 8.42 Å². The van der Waals surface area contributed by atoms with Gasteiger partial charge in [0.25, 0.3) is 0 Å². The Kier molecular flexibility index (Phi) is 3.94. The average Bonchev–Trinajstić information content (AvgIpc) is 2.07. The highest BCUT2D eigenvalue weighted by atomic mass is 127. The summed E-state index contributed by atoms with van der Waals surface area (Å²) in [6, 6.07) is 5.32. The molecule has 0 amide bonds. The lowest BCUT2D eigenvalue weighted by atomic mass is 10.1. The third kappa shape index (κ3) is 2.95. The van der Waals surface area contributed by atoms with Crippen LogP contribution in [0.15, 0.2) is 23.1 Å². The number of hydrogen-bond donors (Lipinski definition) is 0. The summed E-state index contributed by atoms with van der Waals surface area (Å²) in [5.41, 5.74) is 1.22. The van der Waals surface area contributed by atoms with Crippen molar-refractivity contribution < 1.29 is 8.42 Å². The number of benzene rings is 1. The van der Waals surface area contributed by atoms with Crippen molar-refractivity contribution in [2.45, 2.75) is 24.7 Å². The SMILES string of the molecule is CCCc1ccc(S(C)(=O)=O)cc1I. The molecule has 0 heterocycles. The summed E-state index contributed by atoms with van der Waals surface area (Å²) in [7, 11) is -3.06. The summed E-state index contributed by atoms with van der Waals surface area (Å²) < 4.78 is 23.5. The van der Waals surface area contributed by atoms with E-state index < -0.39 is 9.84 Å². The second-order valence-electron chi connectivity index (χ2n) is 3.28. The maximum Gasteiger partial charge on any atom is 0.175 e. The standard InChI is InChI=1S/C10H13IO2S/c1-3-4-8-5-6-9(7-10(8)11)14(2,12)13/h5-7H,3-4H2,1-2H3. The molecule has 78 valence electrons. The Balaban J connectivity index is 3.13. The largest absolute Gasteiger partial charge is 0.224 e. The van der Waals surface area contributed by atoms with Gasteiger partial charge in [-0.05, 0) is 46.7 Å². The molecule has 0 saturated heterocycles. The van der Waals surface area contributed by atoms with Crippen molar-refractivity contribution in [3.8, 4) is 0 Å². The van der Waals surface area contributed by atoms with Crippen molar-refractivity contribution in [3.05, 3.63) is 27.3 Å². The van der Waals surface area contributed by atoms with Crippen LogP contribution in [-0.2, 0) is 16.3 Å². The van der Waals surface area contributed by atoms with Crippen molar-refractivity contribution >= 4 is 32.4 Å².